The maximum absolute atomic E-state index is 10.5. The number of rotatable bonds is 3. The molecule has 5 nitrogen and oxygen atoms in total. The van der Waals surface area contributed by atoms with Crippen LogP contribution in [-0.2, 0) is 0 Å². The van der Waals surface area contributed by atoms with Crippen molar-refractivity contribution in [3.8, 4) is 28.6 Å². The van der Waals surface area contributed by atoms with E-state index >= 15 is 0 Å². The first-order valence-corrected chi connectivity index (χ1v) is 13.7. The Labute approximate surface area is 241 Å². The molecule has 0 saturated carbocycles. The van der Waals surface area contributed by atoms with Crippen molar-refractivity contribution >= 4 is 49.3 Å². The smallest absolute Gasteiger partial charge is 0.214 e. The summed E-state index contributed by atoms with van der Waals surface area (Å²) in [6.07, 6.45) is 3.41. The number of hydrogen-bond acceptors (Lipinski definition) is 2. The van der Waals surface area contributed by atoms with Gasteiger partial charge in [-0.1, -0.05) is 78.9 Å². The Hall–Kier alpha value is -6.17. The molecule has 3 aromatic heterocycles. The number of benzene rings is 5. The van der Waals surface area contributed by atoms with Gasteiger partial charge in [-0.15, -0.1) is 0 Å². The summed E-state index contributed by atoms with van der Waals surface area (Å²) in [4.78, 5) is 8.49. The molecule has 0 spiro atoms. The maximum Gasteiger partial charge on any atom is 0.214 e. The van der Waals surface area contributed by atoms with Gasteiger partial charge in [-0.3, -0.25) is 4.98 Å². The van der Waals surface area contributed by atoms with Gasteiger partial charge in [0.05, 0.1) is 51.6 Å². The van der Waals surface area contributed by atoms with Crippen molar-refractivity contribution in [1.29, 1.82) is 5.26 Å². The molecule has 8 aromatic rings. The van der Waals surface area contributed by atoms with Crippen LogP contribution >= 0.6 is 0 Å². The molecule has 0 saturated heterocycles. The molecule has 0 aliphatic heterocycles. The van der Waals surface area contributed by atoms with E-state index in [4.69, 9.17) is 6.57 Å². The SMILES string of the molecule is [C-]#[N+]c1cncc(-n2c3ccccc3c3ccccc32)c1-c1c(C#N)cccc1-n1c2ccccc2c2ccccc21. The highest BCUT2D eigenvalue weighted by atomic mass is 15.0. The molecule has 0 unspecified atom stereocenters. The maximum atomic E-state index is 10.5. The Kier molecular flexibility index (Phi) is 5.19. The largest absolute Gasteiger partial charge is 0.309 e. The van der Waals surface area contributed by atoms with Gasteiger partial charge in [0, 0.05) is 45.1 Å². The van der Waals surface area contributed by atoms with Crippen molar-refractivity contribution in [3.63, 3.8) is 0 Å². The van der Waals surface area contributed by atoms with Crippen molar-refractivity contribution in [1.82, 2.24) is 14.1 Å². The third-order valence-corrected chi connectivity index (χ3v) is 8.08. The molecule has 0 aliphatic rings. The Morgan fingerprint density at radius 1 is 0.548 bits per heavy atom. The first-order chi connectivity index (χ1) is 20.8. The Bertz CT molecular complexity index is 2170. The van der Waals surface area contributed by atoms with Crippen molar-refractivity contribution < 1.29 is 0 Å². The lowest BCUT2D eigenvalue weighted by atomic mass is 9.95. The summed E-state index contributed by atoms with van der Waals surface area (Å²) < 4.78 is 4.39. The van der Waals surface area contributed by atoms with Crippen molar-refractivity contribution in [2.45, 2.75) is 0 Å². The summed E-state index contributed by atoms with van der Waals surface area (Å²) in [5, 5.41) is 15.0. The van der Waals surface area contributed by atoms with Crippen LogP contribution in [0.5, 0.6) is 0 Å². The number of para-hydroxylation sites is 4. The summed E-state index contributed by atoms with van der Waals surface area (Å²) in [5.74, 6) is 0. The van der Waals surface area contributed by atoms with E-state index in [1.54, 1.807) is 6.20 Å². The average molecular weight is 536 g/mol. The van der Waals surface area contributed by atoms with Gasteiger partial charge in [-0.25, -0.2) is 4.85 Å². The molecular formula is C37H21N5. The summed E-state index contributed by atoms with van der Waals surface area (Å²) in [6, 6.07) is 41.4. The van der Waals surface area contributed by atoms with Gasteiger partial charge < -0.3 is 9.13 Å². The van der Waals surface area contributed by atoms with E-state index in [-0.39, 0.29) is 0 Å². The topological polar surface area (TPSA) is 50.9 Å². The Morgan fingerprint density at radius 3 is 1.50 bits per heavy atom. The fourth-order valence-corrected chi connectivity index (χ4v) is 6.40. The Balaban J connectivity index is 1.56. The lowest BCUT2D eigenvalue weighted by Crippen LogP contribution is -2.04. The second kappa shape index (κ2) is 9.20. The molecule has 5 heteroatoms. The predicted octanol–water partition coefficient (Wildman–Crippen LogP) is 9.37. The van der Waals surface area contributed by atoms with E-state index in [0.717, 1.165) is 55.0 Å². The summed E-state index contributed by atoms with van der Waals surface area (Å²) >= 11 is 0. The van der Waals surface area contributed by atoms with Crippen LogP contribution in [0.4, 0.5) is 5.69 Å². The molecule has 0 aliphatic carbocycles. The highest BCUT2D eigenvalue weighted by molar-refractivity contribution is 6.12. The molecule has 8 rings (SSSR count). The zero-order valence-corrected chi connectivity index (χ0v) is 22.4. The van der Waals surface area contributed by atoms with E-state index < -0.39 is 0 Å². The molecule has 3 heterocycles. The predicted molar refractivity (Wildman–Crippen MR) is 169 cm³/mol. The minimum Gasteiger partial charge on any atom is -0.309 e. The molecule has 0 bridgehead atoms. The van der Waals surface area contributed by atoms with Gasteiger partial charge in [-0.05, 0) is 36.4 Å². The van der Waals surface area contributed by atoms with Gasteiger partial charge in [0.25, 0.3) is 0 Å². The molecule has 5 aromatic carbocycles. The van der Waals surface area contributed by atoms with Crippen LogP contribution in [0.25, 0.3) is 71.0 Å². The van der Waals surface area contributed by atoms with Gasteiger partial charge in [-0.2, -0.15) is 5.26 Å². The van der Waals surface area contributed by atoms with Crippen LogP contribution in [0.2, 0.25) is 0 Å². The van der Waals surface area contributed by atoms with E-state index in [1.165, 1.54) is 0 Å². The summed E-state index contributed by atoms with van der Waals surface area (Å²) in [6.45, 7) is 8.20. The quantitative estimate of drug-likeness (QED) is 0.212. The normalized spacial score (nSPS) is 11.3. The molecule has 0 radical (unpaired) electrons. The summed E-state index contributed by atoms with van der Waals surface area (Å²) in [7, 11) is 0. The summed E-state index contributed by atoms with van der Waals surface area (Å²) in [5.41, 5.74) is 7.95. The first kappa shape index (κ1) is 23.7. The van der Waals surface area contributed by atoms with E-state index in [2.05, 4.69) is 73.6 Å². The van der Waals surface area contributed by atoms with Gasteiger partial charge in [0.15, 0.2) is 0 Å². The standard InChI is InChI=1S/C37H21N5/c1-39-29-22-40-23-35(42-32-18-8-4-14-27(32)28-15-5-9-19-33(28)42)37(29)36-24(21-38)11-10-20-34(36)41-30-16-6-2-12-25(30)26-13-3-7-17-31(26)41/h2-20,22-23H. The lowest BCUT2D eigenvalue weighted by Gasteiger charge is -2.20. The molecule has 42 heavy (non-hydrogen) atoms. The monoisotopic (exact) mass is 535 g/mol. The molecule has 194 valence electrons. The highest BCUT2D eigenvalue weighted by Gasteiger charge is 2.24. The fourth-order valence-electron chi connectivity index (χ4n) is 6.40. The van der Waals surface area contributed by atoms with E-state index in [0.29, 0.717) is 22.4 Å². The van der Waals surface area contributed by atoms with Gasteiger partial charge in [0.2, 0.25) is 5.69 Å². The minimum atomic E-state index is 0.388. The fraction of sp³-hybridized carbons (Fsp3) is 0. The Morgan fingerprint density at radius 2 is 1.02 bits per heavy atom. The number of aromatic nitrogens is 3. The third kappa shape index (κ3) is 3.26. The second-order valence-electron chi connectivity index (χ2n) is 10.2. The highest BCUT2D eigenvalue weighted by Crippen LogP contribution is 2.45. The van der Waals surface area contributed by atoms with Crippen LogP contribution in [0, 0.1) is 17.9 Å². The molecule has 0 fully saturated rings. The lowest BCUT2D eigenvalue weighted by molar-refractivity contribution is 1.13. The third-order valence-electron chi connectivity index (χ3n) is 8.08. The van der Waals surface area contributed by atoms with Crippen molar-refractivity contribution in [3.05, 3.63) is 145 Å². The number of nitrogens with zero attached hydrogens (tertiary/aromatic N) is 5. The number of hydrogen-bond donors (Lipinski definition) is 0. The zero-order chi connectivity index (χ0) is 28.2. The van der Waals surface area contributed by atoms with Crippen LogP contribution < -0.4 is 0 Å². The van der Waals surface area contributed by atoms with Crippen LogP contribution in [-0.4, -0.2) is 14.1 Å². The first-order valence-electron chi connectivity index (χ1n) is 13.7. The number of fused-ring (bicyclic) bond motifs is 6. The minimum absolute atomic E-state index is 0.388. The molecule has 0 amide bonds. The van der Waals surface area contributed by atoms with Crippen LogP contribution in [0.1, 0.15) is 5.56 Å². The van der Waals surface area contributed by atoms with E-state index in [1.807, 2.05) is 72.9 Å². The van der Waals surface area contributed by atoms with Gasteiger partial charge in [0.1, 0.15) is 0 Å². The van der Waals surface area contributed by atoms with E-state index in [9.17, 15) is 5.26 Å². The second-order valence-corrected chi connectivity index (χ2v) is 10.2. The van der Waals surface area contributed by atoms with Crippen LogP contribution in [0.3, 0.4) is 0 Å². The number of nitriles is 1. The zero-order valence-electron chi connectivity index (χ0n) is 22.4. The molecule has 0 N–H and O–H groups in total. The van der Waals surface area contributed by atoms with Gasteiger partial charge >= 0.3 is 0 Å². The van der Waals surface area contributed by atoms with Crippen molar-refractivity contribution in [2.75, 3.05) is 0 Å². The molecule has 0 atom stereocenters. The number of pyridine rings is 1. The average Bonchev–Trinajstić information content (AvgIpc) is 3.57. The molecular weight excluding hydrogens is 514 g/mol. The van der Waals surface area contributed by atoms with Crippen molar-refractivity contribution in [2.24, 2.45) is 0 Å². The van der Waals surface area contributed by atoms with Crippen LogP contribution in [0.15, 0.2) is 128 Å².